The number of nitrogens with one attached hydrogen (secondary N) is 1. The molecule has 0 bridgehead atoms. The van der Waals surface area contributed by atoms with Crippen molar-refractivity contribution in [3.63, 3.8) is 0 Å². The summed E-state index contributed by atoms with van der Waals surface area (Å²) in [7, 11) is -1.76. The van der Waals surface area contributed by atoms with Crippen LogP contribution in [0.3, 0.4) is 0 Å². The first-order chi connectivity index (χ1) is 12.7. The van der Waals surface area contributed by atoms with Crippen LogP contribution in [0.1, 0.15) is 46.8 Å². The molecule has 27 heavy (non-hydrogen) atoms. The highest BCUT2D eigenvalue weighted by Crippen LogP contribution is 2.39. The van der Waals surface area contributed by atoms with E-state index in [0.717, 1.165) is 18.4 Å². The number of benzene rings is 1. The number of nitrogens with zero attached hydrogens (tertiary/aromatic N) is 2. The smallest absolute Gasteiger partial charge is 0.257 e. The van der Waals surface area contributed by atoms with Gasteiger partial charge in [-0.1, -0.05) is 24.1 Å². The summed E-state index contributed by atoms with van der Waals surface area (Å²) >= 11 is 6.11. The van der Waals surface area contributed by atoms with E-state index in [4.69, 9.17) is 11.6 Å². The third kappa shape index (κ3) is 3.30. The van der Waals surface area contributed by atoms with Gasteiger partial charge in [0.1, 0.15) is 5.15 Å². The Kier molecular flexibility index (Phi) is 4.39. The Labute approximate surface area is 163 Å². The van der Waals surface area contributed by atoms with Crippen LogP contribution in [0.5, 0.6) is 0 Å². The van der Waals surface area contributed by atoms with E-state index in [-0.39, 0.29) is 16.0 Å². The molecular weight excluding hydrogens is 386 g/mol. The van der Waals surface area contributed by atoms with E-state index >= 15 is 0 Å². The Bertz CT molecular complexity index is 1050. The first kappa shape index (κ1) is 18.3. The Morgan fingerprint density at radius 3 is 2.59 bits per heavy atom. The first-order valence-corrected chi connectivity index (χ1v) is 11.1. The average Bonchev–Trinajstić information content (AvgIpc) is 2.80. The monoisotopic (exact) mass is 405 g/mol. The van der Waals surface area contributed by atoms with Crippen LogP contribution < -0.4 is 5.32 Å². The summed E-state index contributed by atoms with van der Waals surface area (Å²) in [5.74, 6) is 0.262. The van der Waals surface area contributed by atoms with Gasteiger partial charge in [-0.3, -0.25) is 4.79 Å². The van der Waals surface area contributed by atoms with Crippen LogP contribution in [0, 0.1) is 0 Å². The summed E-state index contributed by atoms with van der Waals surface area (Å²) in [5.41, 5.74) is 2.97. The van der Waals surface area contributed by atoms with Crippen LogP contribution in [-0.2, 0) is 16.4 Å². The predicted octanol–water partition coefficient (Wildman–Crippen LogP) is 3.74. The molecular formula is C19H20ClN3O3S. The van der Waals surface area contributed by atoms with Crippen molar-refractivity contribution in [1.82, 2.24) is 9.88 Å². The molecule has 4 rings (SSSR count). The quantitative estimate of drug-likeness (QED) is 0.784. The number of carbonyl (C=O) groups excluding carboxylic acids is 1. The molecule has 142 valence electrons. The van der Waals surface area contributed by atoms with Crippen molar-refractivity contribution in [2.24, 2.45) is 0 Å². The summed E-state index contributed by atoms with van der Waals surface area (Å²) in [6.07, 6.45) is 4.55. The number of pyridine rings is 1. The zero-order valence-corrected chi connectivity index (χ0v) is 16.7. The van der Waals surface area contributed by atoms with Gasteiger partial charge >= 0.3 is 0 Å². The van der Waals surface area contributed by atoms with Crippen molar-refractivity contribution < 1.29 is 13.2 Å². The number of halogens is 1. The van der Waals surface area contributed by atoms with Gasteiger partial charge in [-0.15, -0.1) is 0 Å². The zero-order valence-electron chi connectivity index (χ0n) is 15.1. The molecule has 0 spiro atoms. The SMILES string of the molecule is CN1Cc2nc(Cl)cc(Nc3ccc(C4CCC4)cc3S(C)(=O)=O)c2C1=O. The van der Waals surface area contributed by atoms with Crippen LogP contribution in [0.25, 0.3) is 0 Å². The largest absolute Gasteiger partial charge is 0.354 e. The summed E-state index contributed by atoms with van der Waals surface area (Å²) in [6, 6.07) is 7.04. The van der Waals surface area contributed by atoms with Crippen LogP contribution in [0.15, 0.2) is 29.2 Å². The second-order valence-corrected chi connectivity index (χ2v) is 9.63. The molecule has 0 radical (unpaired) electrons. The van der Waals surface area contributed by atoms with Gasteiger partial charge in [0, 0.05) is 13.3 Å². The fourth-order valence-electron chi connectivity index (χ4n) is 3.59. The van der Waals surface area contributed by atoms with E-state index in [0.29, 0.717) is 35.1 Å². The minimum Gasteiger partial charge on any atom is -0.354 e. The zero-order chi connectivity index (χ0) is 19.3. The van der Waals surface area contributed by atoms with Gasteiger partial charge < -0.3 is 10.2 Å². The van der Waals surface area contributed by atoms with E-state index in [1.54, 1.807) is 30.1 Å². The highest BCUT2D eigenvalue weighted by atomic mass is 35.5. The lowest BCUT2D eigenvalue weighted by Gasteiger charge is -2.26. The van der Waals surface area contributed by atoms with Gasteiger partial charge in [0.05, 0.1) is 34.1 Å². The molecule has 1 aromatic carbocycles. The number of amides is 1. The number of carbonyl (C=O) groups is 1. The standard InChI is InChI=1S/C19H20ClN3O3S/c1-23-10-15-18(19(23)24)14(9-17(20)22-15)21-13-7-6-12(11-4-3-5-11)8-16(13)27(2,25)26/h6-9,11H,3-5,10H2,1-2H3,(H,21,22). The number of sulfone groups is 1. The Balaban J connectivity index is 1.79. The fourth-order valence-corrected chi connectivity index (χ4v) is 4.67. The third-order valence-electron chi connectivity index (χ3n) is 5.26. The molecule has 1 fully saturated rings. The summed E-state index contributed by atoms with van der Waals surface area (Å²) in [4.78, 5) is 18.5. The van der Waals surface area contributed by atoms with Crippen molar-refractivity contribution in [3.05, 3.63) is 46.2 Å². The summed E-state index contributed by atoms with van der Waals surface area (Å²) in [5, 5.41) is 3.38. The van der Waals surface area contributed by atoms with Crippen LogP contribution in [-0.4, -0.2) is 37.5 Å². The maximum absolute atomic E-state index is 12.5. The number of rotatable bonds is 4. The van der Waals surface area contributed by atoms with E-state index in [2.05, 4.69) is 10.3 Å². The van der Waals surface area contributed by atoms with Crippen LogP contribution in [0.2, 0.25) is 5.15 Å². The van der Waals surface area contributed by atoms with E-state index in [9.17, 15) is 13.2 Å². The lowest BCUT2D eigenvalue weighted by Crippen LogP contribution is -2.18. The molecule has 2 aromatic rings. The van der Waals surface area contributed by atoms with Gasteiger partial charge in [0.2, 0.25) is 0 Å². The van der Waals surface area contributed by atoms with Crippen molar-refractivity contribution in [2.45, 2.75) is 36.6 Å². The maximum atomic E-state index is 12.5. The molecule has 1 aliphatic heterocycles. The summed E-state index contributed by atoms with van der Waals surface area (Å²) < 4.78 is 24.8. The minimum atomic E-state index is -3.45. The van der Waals surface area contributed by atoms with Crippen LogP contribution in [0.4, 0.5) is 11.4 Å². The Morgan fingerprint density at radius 1 is 1.22 bits per heavy atom. The number of aromatic nitrogens is 1. The molecule has 1 amide bonds. The molecule has 8 heteroatoms. The van der Waals surface area contributed by atoms with E-state index in [1.165, 1.54) is 12.7 Å². The highest BCUT2D eigenvalue weighted by molar-refractivity contribution is 7.90. The Morgan fingerprint density at radius 2 is 1.96 bits per heavy atom. The lowest BCUT2D eigenvalue weighted by molar-refractivity contribution is 0.0817. The number of hydrogen-bond acceptors (Lipinski definition) is 5. The second-order valence-electron chi connectivity index (χ2n) is 7.26. The van der Waals surface area contributed by atoms with Gasteiger partial charge in [-0.2, -0.15) is 0 Å². The van der Waals surface area contributed by atoms with Gasteiger partial charge in [-0.05, 0) is 42.5 Å². The van der Waals surface area contributed by atoms with Crippen molar-refractivity contribution >= 4 is 38.7 Å². The molecule has 0 saturated heterocycles. The highest BCUT2D eigenvalue weighted by Gasteiger charge is 2.30. The fraction of sp³-hybridized carbons (Fsp3) is 0.368. The Hall–Kier alpha value is -2.12. The molecule has 2 aliphatic rings. The van der Waals surface area contributed by atoms with Gasteiger partial charge in [0.15, 0.2) is 9.84 Å². The molecule has 6 nitrogen and oxygen atoms in total. The number of fused-ring (bicyclic) bond motifs is 1. The number of anilines is 2. The molecule has 0 atom stereocenters. The van der Waals surface area contributed by atoms with Gasteiger partial charge in [0.25, 0.3) is 5.91 Å². The second kappa shape index (κ2) is 6.49. The minimum absolute atomic E-state index is 0.163. The third-order valence-corrected chi connectivity index (χ3v) is 6.59. The van der Waals surface area contributed by atoms with E-state index in [1.807, 2.05) is 6.07 Å². The van der Waals surface area contributed by atoms with Crippen molar-refractivity contribution in [3.8, 4) is 0 Å². The maximum Gasteiger partial charge on any atom is 0.257 e. The molecule has 2 heterocycles. The van der Waals surface area contributed by atoms with Crippen LogP contribution >= 0.6 is 11.6 Å². The van der Waals surface area contributed by atoms with Crippen molar-refractivity contribution in [1.29, 1.82) is 0 Å². The molecule has 0 unspecified atom stereocenters. The van der Waals surface area contributed by atoms with Crippen molar-refractivity contribution in [2.75, 3.05) is 18.6 Å². The lowest BCUT2D eigenvalue weighted by atomic mass is 9.80. The number of hydrogen-bond donors (Lipinski definition) is 1. The summed E-state index contributed by atoms with van der Waals surface area (Å²) in [6.45, 7) is 0.378. The normalized spacial score (nSPS) is 17.0. The molecule has 1 aromatic heterocycles. The predicted molar refractivity (Wildman–Crippen MR) is 104 cm³/mol. The average molecular weight is 406 g/mol. The van der Waals surface area contributed by atoms with E-state index < -0.39 is 9.84 Å². The molecule has 1 aliphatic carbocycles. The topological polar surface area (TPSA) is 79.4 Å². The molecule has 1 N–H and O–H groups in total. The first-order valence-electron chi connectivity index (χ1n) is 8.80. The van der Waals surface area contributed by atoms with Gasteiger partial charge in [-0.25, -0.2) is 13.4 Å². The molecule has 1 saturated carbocycles.